The van der Waals surface area contributed by atoms with Crippen molar-refractivity contribution in [3.8, 4) is 23.2 Å². The van der Waals surface area contributed by atoms with E-state index in [0.717, 1.165) is 24.8 Å². The first-order valence-corrected chi connectivity index (χ1v) is 8.95. The van der Waals surface area contributed by atoms with E-state index in [1.807, 2.05) is 33.0 Å². The van der Waals surface area contributed by atoms with Crippen LogP contribution in [0.25, 0.3) is 11.4 Å². The summed E-state index contributed by atoms with van der Waals surface area (Å²) in [6.45, 7) is 6.13. The van der Waals surface area contributed by atoms with Gasteiger partial charge in [0.15, 0.2) is 5.82 Å². The molecule has 138 valence electrons. The summed E-state index contributed by atoms with van der Waals surface area (Å²) in [5.74, 6) is 0.661. The van der Waals surface area contributed by atoms with Crippen molar-refractivity contribution in [2.45, 2.75) is 52.0 Å². The van der Waals surface area contributed by atoms with Gasteiger partial charge in [-0.2, -0.15) is 5.26 Å². The van der Waals surface area contributed by atoms with E-state index >= 15 is 0 Å². The lowest BCUT2D eigenvalue weighted by Crippen LogP contribution is -2.24. The van der Waals surface area contributed by atoms with Crippen LogP contribution in [-0.2, 0) is 0 Å². The number of nitrogens with one attached hydrogen (secondary N) is 1. The second kappa shape index (κ2) is 8.63. The third-order valence-corrected chi connectivity index (χ3v) is 4.79. The van der Waals surface area contributed by atoms with E-state index in [0.29, 0.717) is 28.7 Å². The summed E-state index contributed by atoms with van der Waals surface area (Å²) in [5.41, 5.74) is 8.51. The van der Waals surface area contributed by atoms with Crippen LogP contribution in [0.5, 0.6) is 5.75 Å². The molecule has 1 aromatic heterocycles. The number of phenolic OH excluding ortho intramolecular Hbond substituents is 1. The molecule has 6 nitrogen and oxygen atoms in total. The van der Waals surface area contributed by atoms with Crippen LogP contribution in [0.1, 0.15) is 55.8 Å². The number of nitrogens with two attached hydrogens (primary N) is 1. The van der Waals surface area contributed by atoms with Crippen molar-refractivity contribution in [1.29, 1.82) is 5.26 Å². The van der Waals surface area contributed by atoms with Gasteiger partial charge in [0.05, 0.1) is 11.3 Å². The van der Waals surface area contributed by atoms with Crippen LogP contribution in [0, 0.1) is 18.3 Å². The minimum absolute atomic E-state index is 0.0584. The molecule has 0 spiro atoms. The van der Waals surface area contributed by atoms with E-state index < -0.39 is 0 Å². The minimum Gasteiger partial charge on any atom is -0.507 e. The van der Waals surface area contributed by atoms with Crippen LogP contribution < -0.4 is 11.1 Å². The Balaban J connectivity index is 2.43. The average Bonchev–Trinajstić information content (AvgIpc) is 2.63. The highest BCUT2D eigenvalue weighted by Gasteiger charge is 2.20. The summed E-state index contributed by atoms with van der Waals surface area (Å²) in [6, 6.07) is 7.82. The highest BCUT2D eigenvalue weighted by molar-refractivity contribution is 5.67. The first-order chi connectivity index (χ1) is 12.4. The standard InChI is InChI=1S/C20H27N5O/c1-5-14(23-4)8-7-13(3)18-16(11-21)19(22)25-20(24-18)15-10-12(2)6-9-17(15)26/h6,9-10,13-14,23,26H,5,7-8H2,1-4H3,(H2,22,24,25). The molecule has 4 N–H and O–H groups in total. The van der Waals surface area contributed by atoms with Gasteiger partial charge in [0, 0.05) is 12.0 Å². The van der Waals surface area contributed by atoms with Gasteiger partial charge in [-0.1, -0.05) is 25.5 Å². The van der Waals surface area contributed by atoms with Crippen molar-refractivity contribution < 1.29 is 5.11 Å². The molecule has 0 fully saturated rings. The first-order valence-electron chi connectivity index (χ1n) is 8.95. The molecule has 1 heterocycles. The van der Waals surface area contributed by atoms with Gasteiger partial charge in [-0.25, -0.2) is 9.97 Å². The SMILES string of the molecule is CCC(CCC(C)c1nc(-c2cc(C)ccc2O)nc(N)c1C#N)NC. The van der Waals surface area contributed by atoms with Crippen molar-refractivity contribution in [3.63, 3.8) is 0 Å². The van der Waals surface area contributed by atoms with E-state index in [-0.39, 0.29) is 17.5 Å². The topological polar surface area (TPSA) is 108 Å². The maximum Gasteiger partial charge on any atom is 0.165 e. The second-order valence-electron chi connectivity index (χ2n) is 6.70. The Kier molecular flexibility index (Phi) is 6.53. The number of nitriles is 1. The molecule has 6 heteroatoms. The Morgan fingerprint density at radius 1 is 1.31 bits per heavy atom. The van der Waals surface area contributed by atoms with Gasteiger partial charge in [-0.15, -0.1) is 0 Å². The Morgan fingerprint density at radius 2 is 2.04 bits per heavy atom. The molecule has 2 aromatic rings. The summed E-state index contributed by atoms with van der Waals surface area (Å²) in [4.78, 5) is 8.87. The number of hydrogen-bond donors (Lipinski definition) is 3. The fourth-order valence-electron chi connectivity index (χ4n) is 3.06. The molecular formula is C20H27N5O. The molecule has 0 amide bonds. The van der Waals surface area contributed by atoms with E-state index in [9.17, 15) is 10.4 Å². The number of aromatic hydroxyl groups is 1. The molecule has 26 heavy (non-hydrogen) atoms. The number of aryl methyl sites for hydroxylation is 1. The predicted octanol–water partition coefficient (Wildman–Crippen LogP) is 3.49. The van der Waals surface area contributed by atoms with Crippen molar-refractivity contribution in [1.82, 2.24) is 15.3 Å². The molecule has 0 saturated carbocycles. The molecular weight excluding hydrogens is 326 g/mol. The van der Waals surface area contributed by atoms with Crippen molar-refractivity contribution in [3.05, 3.63) is 35.0 Å². The fourth-order valence-corrected chi connectivity index (χ4v) is 3.06. The maximum absolute atomic E-state index is 10.2. The van der Waals surface area contributed by atoms with Gasteiger partial charge >= 0.3 is 0 Å². The smallest absolute Gasteiger partial charge is 0.165 e. The van der Waals surface area contributed by atoms with Gasteiger partial charge in [0.1, 0.15) is 23.2 Å². The zero-order valence-electron chi connectivity index (χ0n) is 15.9. The van der Waals surface area contributed by atoms with Crippen LogP contribution in [0.3, 0.4) is 0 Å². The third-order valence-electron chi connectivity index (χ3n) is 4.79. The normalized spacial score (nSPS) is 13.2. The molecule has 0 aliphatic heterocycles. The van der Waals surface area contributed by atoms with Crippen LogP contribution in [0.2, 0.25) is 0 Å². The van der Waals surface area contributed by atoms with Crippen LogP contribution >= 0.6 is 0 Å². The molecule has 1 aromatic carbocycles. The maximum atomic E-state index is 10.2. The van der Waals surface area contributed by atoms with Crippen LogP contribution in [-0.4, -0.2) is 28.2 Å². The highest BCUT2D eigenvalue weighted by Crippen LogP contribution is 2.32. The quantitative estimate of drug-likeness (QED) is 0.703. The summed E-state index contributed by atoms with van der Waals surface area (Å²) in [5, 5.41) is 23.0. The summed E-state index contributed by atoms with van der Waals surface area (Å²) in [7, 11) is 1.96. The number of nitrogens with zero attached hydrogens (tertiary/aromatic N) is 3. The number of benzene rings is 1. The van der Waals surface area contributed by atoms with Gasteiger partial charge in [-0.3, -0.25) is 0 Å². The van der Waals surface area contributed by atoms with Crippen molar-refractivity contribution in [2.75, 3.05) is 12.8 Å². The van der Waals surface area contributed by atoms with Crippen LogP contribution in [0.4, 0.5) is 5.82 Å². The second-order valence-corrected chi connectivity index (χ2v) is 6.70. The van der Waals surface area contributed by atoms with Gasteiger partial charge in [0.2, 0.25) is 0 Å². The Bertz CT molecular complexity index is 809. The lowest BCUT2D eigenvalue weighted by atomic mass is 9.94. The summed E-state index contributed by atoms with van der Waals surface area (Å²) < 4.78 is 0. The largest absolute Gasteiger partial charge is 0.507 e. The molecule has 0 bridgehead atoms. The molecule has 2 rings (SSSR count). The number of phenols is 1. The van der Waals surface area contributed by atoms with Crippen molar-refractivity contribution >= 4 is 5.82 Å². The molecule has 0 saturated heterocycles. The molecule has 2 atom stereocenters. The van der Waals surface area contributed by atoms with E-state index in [1.165, 1.54) is 0 Å². The predicted molar refractivity (Wildman–Crippen MR) is 104 cm³/mol. The van der Waals surface area contributed by atoms with Crippen LogP contribution in [0.15, 0.2) is 18.2 Å². The number of nitrogen functional groups attached to an aromatic ring is 1. The van der Waals surface area contributed by atoms with Gasteiger partial charge in [0.25, 0.3) is 0 Å². The average molecular weight is 353 g/mol. The fraction of sp³-hybridized carbons (Fsp3) is 0.450. The number of hydrogen-bond acceptors (Lipinski definition) is 6. The van der Waals surface area contributed by atoms with E-state index in [1.54, 1.807) is 6.07 Å². The Labute approximate surface area is 155 Å². The molecule has 0 aliphatic rings. The highest BCUT2D eigenvalue weighted by atomic mass is 16.3. The molecule has 2 unspecified atom stereocenters. The first kappa shape index (κ1) is 19.7. The van der Waals surface area contributed by atoms with E-state index in [4.69, 9.17) is 5.73 Å². The van der Waals surface area contributed by atoms with E-state index in [2.05, 4.69) is 28.3 Å². The third kappa shape index (κ3) is 4.30. The Morgan fingerprint density at radius 3 is 2.65 bits per heavy atom. The number of aromatic nitrogens is 2. The van der Waals surface area contributed by atoms with Crippen molar-refractivity contribution in [2.24, 2.45) is 0 Å². The number of rotatable bonds is 7. The monoisotopic (exact) mass is 353 g/mol. The molecule has 0 aliphatic carbocycles. The summed E-state index contributed by atoms with van der Waals surface area (Å²) in [6.07, 6.45) is 2.90. The lowest BCUT2D eigenvalue weighted by Gasteiger charge is -2.19. The zero-order chi connectivity index (χ0) is 19.3. The number of anilines is 1. The Hall–Kier alpha value is -2.65. The minimum atomic E-state index is 0.0584. The summed E-state index contributed by atoms with van der Waals surface area (Å²) >= 11 is 0. The lowest BCUT2D eigenvalue weighted by molar-refractivity contribution is 0.467. The van der Waals surface area contributed by atoms with Gasteiger partial charge < -0.3 is 16.2 Å². The van der Waals surface area contributed by atoms with Gasteiger partial charge in [-0.05, 0) is 45.4 Å². The molecule has 0 radical (unpaired) electrons. The zero-order valence-corrected chi connectivity index (χ0v) is 15.9.